The van der Waals surface area contributed by atoms with Crippen LogP contribution in [0, 0.1) is 15.9 Å². The molecule has 0 heterocycles. The number of nitro benzene ring substituents is 1. The predicted octanol–water partition coefficient (Wildman–Crippen LogP) is 2.55. The highest BCUT2D eigenvalue weighted by atomic mass is 32.2. The second-order valence-electron chi connectivity index (χ2n) is 4.54. The van der Waals surface area contributed by atoms with Gasteiger partial charge in [0.1, 0.15) is 5.75 Å². The summed E-state index contributed by atoms with van der Waals surface area (Å²) < 4.78 is 50.2. The van der Waals surface area contributed by atoms with Crippen LogP contribution in [-0.2, 0) is 10.0 Å². The molecule has 0 aromatic heterocycles. The minimum absolute atomic E-state index is 0.0956. The van der Waals surface area contributed by atoms with E-state index in [2.05, 4.69) is 4.72 Å². The zero-order valence-electron chi connectivity index (χ0n) is 12.6. The third kappa shape index (κ3) is 3.54. The molecule has 2 aromatic carbocycles. The van der Waals surface area contributed by atoms with Crippen LogP contribution in [0.15, 0.2) is 41.3 Å². The lowest BCUT2D eigenvalue weighted by atomic mass is 10.2. The van der Waals surface area contributed by atoms with Crippen molar-refractivity contribution in [2.24, 2.45) is 0 Å². The number of anilines is 1. The van der Waals surface area contributed by atoms with Gasteiger partial charge in [-0.05, 0) is 18.2 Å². The summed E-state index contributed by atoms with van der Waals surface area (Å²) in [5.74, 6) is -0.869. The van der Waals surface area contributed by atoms with E-state index in [1.54, 1.807) is 0 Å². The third-order valence-corrected chi connectivity index (χ3v) is 4.43. The Hall–Kier alpha value is -2.88. The summed E-state index contributed by atoms with van der Waals surface area (Å²) in [6.07, 6.45) is 0. The predicted molar refractivity (Wildman–Crippen MR) is 83.4 cm³/mol. The van der Waals surface area contributed by atoms with Gasteiger partial charge in [0.2, 0.25) is 0 Å². The van der Waals surface area contributed by atoms with Crippen molar-refractivity contribution in [3.8, 4) is 11.5 Å². The maximum Gasteiger partial charge on any atom is 0.271 e. The molecular formula is C14H13FN2O6S. The molecule has 0 saturated heterocycles. The lowest BCUT2D eigenvalue weighted by Crippen LogP contribution is -2.14. The molecule has 0 atom stereocenters. The molecular weight excluding hydrogens is 343 g/mol. The normalized spacial score (nSPS) is 11.0. The molecule has 0 fully saturated rings. The van der Waals surface area contributed by atoms with E-state index in [1.165, 1.54) is 26.4 Å². The number of sulfonamides is 1. The Bertz CT molecular complexity index is 885. The number of hydrogen-bond acceptors (Lipinski definition) is 6. The second kappa shape index (κ2) is 6.71. The van der Waals surface area contributed by atoms with E-state index in [4.69, 9.17) is 9.47 Å². The van der Waals surface area contributed by atoms with Gasteiger partial charge in [-0.1, -0.05) is 0 Å². The summed E-state index contributed by atoms with van der Waals surface area (Å²) in [4.78, 5) is 9.90. The number of halogens is 1. The van der Waals surface area contributed by atoms with Gasteiger partial charge < -0.3 is 9.47 Å². The standard InChI is InChI=1S/C14H13FN2O6S/c1-22-13-6-3-9(17(18)19)7-12(13)16-24(20,21)10-4-5-11(15)14(8-10)23-2/h3-8,16H,1-2H3. The van der Waals surface area contributed by atoms with Crippen molar-refractivity contribution in [2.45, 2.75) is 4.90 Å². The maximum absolute atomic E-state index is 13.4. The number of nitrogens with zero attached hydrogens (tertiary/aromatic N) is 1. The van der Waals surface area contributed by atoms with E-state index < -0.39 is 20.8 Å². The Morgan fingerprint density at radius 1 is 1.08 bits per heavy atom. The van der Waals surface area contributed by atoms with Crippen molar-refractivity contribution in [1.82, 2.24) is 0 Å². The van der Waals surface area contributed by atoms with Gasteiger partial charge >= 0.3 is 0 Å². The number of benzene rings is 2. The molecule has 2 aromatic rings. The van der Waals surface area contributed by atoms with Crippen molar-refractivity contribution in [3.05, 3.63) is 52.3 Å². The Morgan fingerprint density at radius 3 is 2.33 bits per heavy atom. The van der Waals surface area contributed by atoms with Crippen LogP contribution in [0.1, 0.15) is 0 Å². The first-order valence-corrected chi connectivity index (χ1v) is 7.95. The molecule has 24 heavy (non-hydrogen) atoms. The monoisotopic (exact) mass is 356 g/mol. The van der Waals surface area contributed by atoms with E-state index in [1.807, 2.05) is 0 Å². The number of nitro groups is 1. The molecule has 10 heteroatoms. The van der Waals surface area contributed by atoms with Crippen molar-refractivity contribution in [2.75, 3.05) is 18.9 Å². The first kappa shape index (κ1) is 17.5. The van der Waals surface area contributed by atoms with E-state index >= 15 is 0 Å². The summed E-state index contributed by atoms with van der Waals surface area (Å²) in [6, 6.07) is 6.46. The van der Waals surface area contributed by atoms with E-state index in [0.717, 1.165) is 24.3 Å². The molecule has 0 aliphatic heterocycles. The second-order valence-corrected chi connectivity index (χ2v) is 6.23. The fourth-order valence-electron chi connectivity index (χ4n) is 1.90. The lowest BCUT2D eigenvalue weighted by Gasteiger charge is -2.12. The van der Waals surface area contributed by atoms with Gasteiger partial charge in [0, 0.05) is 18.2 Å². The molecule has 128 valence electrons. The van der Waals surface area contributed by atoms with Gasteiger partial charge in [-0.3, -0.25) is 14.8 Å². The number of methoxy groups -OCH3 is 2. The van der Waals surface area contributed by atoms with Crippen LogP contribution in [0.2, 0.25) is 0 Å². The molecule has 0 radical (unpaired) electrons. The van der Waals surface area contributed by atoms with Gasteiger partial charge in [0.25, 0.3) is 15.7 Å². The van der Waals surface area contributed by atoms with Crippen LogP contribution in [-0.4, -0.2) is 27.6 Å². The van der Waals surface area contributed by atoms with Crippen LogP contribution < -0.4 is 14.2 Å². The number of nitrogens with one attached hydrogen (secondary N) is 1. The first-order valence-electron chi connectivity index (χ1n) is 6.47. The fraction of sp³-hybridized carbons (Fsp3) is 0.143. The summed E-state index contributed by atoms with van der Waals surface area (Å²) in [5.41, 5.74) is -0.430. The minimum Gasteiger partial charge on any atom is -0.495 e. The Labute approximate surface area is 137 Å². The molecule has 0 unspecified atom stereocenters. The molecule has 8 nitrogen and oxygen atoms in total. The Kier molecular flexibility index (Phi) is 4.88. The molecule has 2 rings (SSSR count). The molecule has 0 bridgehead atoms. The topological polar surface area (TPSA) is 108 Å². The maximum atomic E-state index is 13.4. The largest absolute Gasteiger partial charge is 0.495 e. The smallest absolute Gasteiger partial charge is 0.271 e. The highest BCUT2D eigenvalue weighted by molar-refractivity contribution is 7.92. The molecule has 0 aliphatic carbocycles. The van der Waals surface area contributed by atoms with Crippen molar-refractivity contribution < 1.29 is 27.2 Å². The quantitative estimate of drug-likeness (QED) is 0.629. The van der Waals surface area contributed by atoms with Gasteiger partial charge in [-0.15, -0.1) is 0 Å². The average molecular weight is 356 g/mol. The van der Waals surface area contributed by atoms with E-state index in [0.29, 0.717) is 0 Å². The van der Waals surface area contributed by atoms with Crippen LogP contribution >= 0.6 is 0 Å². The van der Waals surface area contributed by atoms with E-state index in [9.17, 15) is 22.9 Å². The number of hydrogen-bond donors (Lipinski definition) is 1. The van der Waals surface area contributed by atoms with Crippen LogP contribution in [0.5, 0.6) is 11.5 Å². The van der Waals surface area contributed by atoms with E-state index in [-0.39, 0.29) is 27.8 Å². The Balaban J connectivity index is 2.45. The Morgan fingerprint density at radius 2 is 1.75 bits per heavy atom. The highest BCUT2D eigenvalue weighted by Gasteiger charge is 2.20. The zero-order valence-corrected chi connectivity index (χ0v) is 13.5. The third-order valence-electron chi connectivity index (χ3n) is 3.07. The lowest BCUT2D eigenvalue weighted by molar-refractivity contribution is -0.384. The molecule has 0 aliphatic rings. The fourth-order valence-corrected chi connectivity index (χ4v) is 2.98. The highest BCUT2D eigenvalue weighted by Crippen LogP contribution is 2.31. The average Bonchev–Trinajstić information content (AvgIpc) is 2.54. The van der Waals surface area contributed by atoms with Gasteiger partial charge in [-0.2, -0.15) is 0 Å². The van der Waals surface area contributed by atoms with Gasteiger partial charge in [0.05, 0.1) is 29.7 Å². The van der Waals surface area contributed by atoms with Crippen molar-refractivity contribution in [1.29, 1.82) is 0 Å². The number of non-ortho nitro benzene ring substituents is 1. The molecule has 0 spiro atoms. The molecule has 1 N–H and O–H groups in total. The zero-order chi connectivity index (χ0) is 17.9. The van der Waals surface area contributed by atoms with Gasteiger partial charge in [0.15, 0.2) is 11.6 Å². The number of ether oxygens (including phenoxy) is 2. The van der Waals surface area contributed by atoms with Crippen LogP contribution in [0.4, 0.5) is 15.8 Å². The molecule has 0 saturated carbocycles. The van der Waals surface area contributed by atoms with Crippen molar-refractivity contribution in [3.63, 3.8) is 0 Å². The summed E-state index contributed by atoms with van der Waals surface area (Å²) in [5, 5.41) is 10.8. The van der Waals surface area contributed by atoms with Crippen LogP contribution in [0.3, 0.4) is 0 Å². The number of rotatable bonds is 6. The SMILES string of the molecule is COc1cc(S(=O)(=O)Nc2cc([N+](=O)[O-])ccc2OC)ccc1F. The molecule has 0 amide bonds. The minimum atomic E-state index is -4.14. The first-order chi connectivity index (χ1) is 11.3. The summed E-state index contributed by atoms with van der Waals surface area (Å²) >= 11 is 0. The summed E-state index contributed by atoms with van der Waals surface area (Å²) in [7, 11) is -1.65. The van der Waals surface area contributed by atoms with Gasteiger partial charge in [-0.25, -0.2) is 12.8 Å². The van der Waals surface area contributed by atoms with Crippen LogP contribution in [0.25, 0.3) is 0 Å². The van der Waals surface area contributed by atoms with Crippen molar-refractivity contribution >= 4 is 21.4 Å². The summed E-state index contributed by atoms with van der Waals surface area (Å²) in [6.45, 7) is 0.